The number of hydrogen-bond acceptors (Lipinski definition) is 3. The molecule has 4 nitrogen and oxygen atoms in total. The quantitative estimate of drug-likeness (QED) is 0.538. The van der Waals surface area contributed by atoms with Crippen molar-refractivity contribution in [3.63, 3.8) is 0 Å². The smallest absolute Gasteiger partial charge is 0.238 e. The molecule has 0 aromatic rings. The molecule has 11 heavy (non-hydrogen) atoms. The predicted octanol–water partition coefficient (Wildman–Crippen LogP) is -0.835. The summed E-state index contributed by atoms with van der Waals surface area (Å²) in [7, 11) is 0. The van der Waals surface area contributed by atoms with Crippen LogP contribution < -0.4 is 5.32 Å². The van der Waals surface area contributed by atoms with E-state index >= 15 is 0 Å². The average molecular weight is 156 g/mol. The molecule has 2 rings (SSSR count). The van der Waals surface area contributed by atoms with Crippen LogP contribution in [0.4, 0.5) is 0 Å². The van der Waals surface area contributed by atoms with E-state index in [4.69, 9.17) is 4.74 Å². The fourth-order valence-electron chi connectivity index (χ4n) is 1.70. The van der Waals surface area contributed by atoms with Gasteiger partial charge < -0.3 is 9.64 Å². The first-order chi connectivity index (χ1) is 5.28. The summed E-state index contributed by atoms with van der Waals surface area (Å²) in [6.45, 7) is 4.52. The van der Waals surface area contributed by atoms with Crippen molar-refractivity contribution < 1.29 is 9.53 Å². The van der Waals surface area contributed by atoms with E-state index < -0.39 is 0 Å². The zero-order chi connectivity index (χ0) is 7.90. The molecule has 1 N–H and O–H groups in total. The minimum atomic E-state index is -0.133. The lowest BCUT2D eigenvalue weighted by Gasteiger charge is -2.44. The van der Waals surface area contributed by atoms with E-state index in [1.165, 1.54) is 0 Å². The maximum absolute atomic E-state index is 11.2. The number of rotatable bonds is 1. The normalized spacial score (nSPS) is 27.7. The van der Waals surface area contributed by atoms with Gasteiger partial charge in [0.25, 0.3) is 0 Å². The summed E-state index contributed by atoms with van der Waals surface area (Å²) in [5.41, 5.74) is -0.133. The summed E-state index contributed by atoms with van der Waals surface area (Å²) in [4.78, 5) is 13.1. The van der Waals surface area contributed by atoms with Crippen LogP contribution in [0, 0.1) is 0 Å². The molecule has 2 saturated heterocycles. The topological polar surface area (TPSA) is 41.6 Å². The molecule has 0 radical (unpaired) electrons. The fraction of sp³-hybridized carbons (Fsp3) is 0.857. The third kappa shape index (κ3) is 0.795. The summed E-state index contributed by atoms with van der Waals surface area (Å²) in [5.74, 6) is 0.191. The Balaban J connectivity index is 2.16. The molecule has 4 heteroatoms. The van der Waals surface area contributed by atoms with Crippen LogP contribution in [-0.2, 0) is 9.53 Å². The van der Waals surface area contributed by atoms with Gasteiger partial charge in [-0.15, -0.1) is 0 Å². The van der Waals surface area contributed by atoms with E-state index in [2.05, 4.69) is 5.32 Å². The number of amides is 1. The second kappa shape index (κ2) is 2.19. The molecule has 62 valence electrons. The lowest BCUT2D eigenvalue weighted by molar-refractivity contribution is -0.155. The maximum Gasteiger partial charge on any atom is 0.238 e. The molecule has 0 aromatic carbocycles. The molecule has 2 fully saturated rings. The third-order valence-corrected chi connectivity index (χ3v) is 2.38. The minimum absolute atomic E-state index is 0.133. The van der Waals surface area contributed by atoms with Crippen molar-refractivity contribution in [3.8, 4) is 0 Å². The molecule has 0 bridgehead atoms. The second-order valence-electron chi connectivity index (χ2n) is 3.02. The number of hydrogen-bond donors (Lipinski definition) is 1. The van der Waals surface area contributed by atoms with Crippen molar-refractivity contribution in [2.45, 2.75) is 12.6 Å². The highest BCUT2D eigenvalue weighted by atomic mass is 16.5. The van der Waals surface area contributed by atoms with Crippen molar-refractivity contribution in [2.24, 2.45) is 0 Å². The predicted molar refractivity (Wildman–Crippen MR) is 38.9 cm³/mol. The van der Waals surface area contributed by atoms with Gasteiger partial charge in [0.2, 0.25) is 5.91 Å². The highest BCUT2D eigenvalue weighted by molar-refractivity contribution is 5.81. The molecule has 2 aliphatic rings. The molecule has 0 aromatic heterocycles. The summed E-state index contributed by atoms with van der Waals surface area (Å²) in [6, 6.07) is 0. The van der Waals surface area contributed by atoms with E-state index in [-0.39, 0.29) is 11.6 Å². The van der Waals surface area contributed by atoms with Crippen LogP contribution >= 0.6 is 0 Å². The Hall–Kier alpha value is -0.610. The van der Waals surface area contributed by atoms with Crippen molar-refractivity contribution in [1.29, 1.82) is 0 Å². The number of carbonyl (C=O) groups is 1. The van der Waals surface area contributed by atoms with Gasteiger partial charge in [0.05, 0.1) is 19.8 Å². The van der Waals surface area contributed by atoms with E-state index in [1.54, 1.807) is 0 Å². The van der Waals surface area contributed by atoms with Crippen molar-refractivity contribution >= 4 is 5.91 Å². The largest absolute Gasteiger partial charge is 0.374 e. The van der Waals surface area contributed by atoms with Crippen LogP contribution in [0.25, 0.3) is 0 Å². The van der Waals surface area contributed by atoms with Crippen molar-refractivity contribution in [2.75, 3.05) is 26.3 Å². The minimum Gasteiger partial charge on any atom is -0.374 e. The average Bonchev–Trinajstić information content (AvgIpc) is 2.25. The Bertz CT molecular complexity index is 189. The molecule has 1 spiro atoms. The first kappa shape index (κ1) is 7.06. The van der Waals surface area contributed by atoms with Gasteiger partial charge >= 0.3 is 0 Å². The van der Waals surface area contributed by atoms with Gasteiger partial charge in [-0.3, -0.25) is 10.1 Å². The summed E-state index contributed by atoms with van der Waals surface area (Å²) in [5, 5.41) is 3.17. The number of ether oxygens (including phenoxy) is 1. The van der Waals surface area contributed by atoms with Gasteiger partial charge in [0.15, 0.2) is 0 Å². The Kier molecular flexibility index (Phi) is 1.40. The van der Waals surface area contributed by atoms with E-state index in [1.807, 2.05) is 11.8 Å². The van der Waals surface area contributed by atoms with Crippen LogP contribution in [0.2, 0.25) is 0 Å². The van der Waals surface area contributed by atoms with Crippen LogP contribution in [0.1, 0.15) is 6.92 Å². The van der Waals surface area contributed by atoms with Gasteiger partial charge in [-0.05, 0) is 6.92 Å². The first-order valence-electron chi connectivity index (χ1n) is 3.92. The SMILES string of the molecule is CCN1C(=O)CNC12COC2. The Morgan fingerprint density at radius 1 is 1.73 bits per heavy atom. The number of carbonyl (C=O) groups excluding carboxylic acids is 1. The van der Waals surface area contributed by atoms with Gasteiger partial charge in [0.1, 0.15) is 5.66 Å². The molecular weight excluding hydrogens is 144 g/mol. The van der Waals surface area contributed by atoms with Crippen LogP contribution in [0.15, 0.2) is 0 Å². The number of nitrogens with one attached hydrogen (secondary N) is 1. The second-order valence-corrected chi connectivity index (χ2v) is 3.02. The Morgan fingerprint density at radius 3 is 2.82 bits per heavy atom. The maximum atomic E-state index is 11.2. The van der Waals surface area contributed by atoms with Gasteiger partial charge in [0, 0.05) is 6.54 Å². The lowest BCUT2D eigenvalue weighted by atomic mass is 10.1. The number of nitrogens with zero attached hydrogens (tertiary/aromatic N) is 1. The Morgan fingerprint density at radius 2 is 2.45 bits per heavy atom. The third-order valence-electron chi connectivity index (χ3n) is 2.38. The van der Waals surface area contributed by atoms with Crippen LogP contribution in [-0.4, -0.2) is 42.8 Å². The van der Waals surface area contributed by atoms with Crippen molar-refractivity contribution in [3.05, 3.63) is 0 Å². The monoisotopic (exact) mass is 156 g/mol. The zero-order valence-corrected chi connectivity index (χ0v) is 6.59. The highest BCUT2D eigenvalue weighted by Crippen LogP contribution is 2.25. The van der Waals surface area contributed by atoms with E-state index in [0.29, 0.717) is 19.8 Å². The highest BCUT2D eigenvalue weighted by Gasteiger charge is 2.49. The molecule has 0 saturated carbocycles. The summed E-state index contributed by atoms with van der Waals surface area (Å²) in [6.07, 6.45) is 0. The molecule has 0 unspecified atom stereocenters. The molecule has 0 atom stereocenters. The molecule has 2 heterocycles. The first-order valence-corrected chi connectivity index (χ1v) is 3.92. The van der Waals surface area contributed by atoms with Gasteiger partial charge in [-0.1, -0.05) is 0 Å². The number of likely N-dealkylation sites (N-methyl/N-ethyl adjacent to an activating group) is 1. The van der Waals surface area contributed by atoms with Gasteiger partial charge in [-0.25, -0.2) is 0 Å². The van der Waals surface area contributed by atoms with E-state index in [0.717, 1.165) is 6.54 Å². The van der Waals surface area contributed by atoms with Gasteiger partial charge in [-0.2, -0.15) is 0 Å². The molecular formula is C7H12N2O2. The molecule has 1 amide bonds. The van der Waals surface area contributed by atoms with Crippen LogP contribution in [0.5, 0.6) is 0 Å². The molecule has 2 aliphatic heterocycles. The Labute approximate surface area is 65.5 Å². The standard InChI is InChI=1S/C7H12N2O2/c1-2-9-6(10)3-8-7(9)4-11-5-7/h8H,2-5H2,1H3. The van der Waals surface area contributed by atoms with E-state index in [9.17, 15) is 4.79 Å². The summed E-state index contributed by atoms with van der Waals surface area (Å²) >= 11 is 0. The zero-order valence-electron chi connectivity index (χ0n) is 6.59. The lowest BCUT2D eigenvalue weighted by Crippen LogP contribution is -2.65. The summed E-state index contributed by atoms with van der Waals surface area (Å²) < 4.78 is 5.08. The fourth-order valence-corrected chi connectivity index (χ4v) is 1.70. The molecule has 0 aliphatic carbocycles. The van der Waals surface area contributed by atoms with Crippen molar-refractivity contribution in [1.82, 2.24) is 10.2 Å². The van der Waals surface area contributed by atoms with Crippen LogP contribution in [0.3, 0.4) is 0 Å².